The van der Waals surface area contributed by atoms with Gasteiger partial charge in [0.15, 0.2) is 0 Å². The minimum Gasteiger partial charge on any atom is -0.508 e. The predicted octanol–water partition coefficient (Wildman–Crippen LogP) is 4.84. The highest BCUT2D eigenvalue weighted by molar-refractivity contribution is 5.89. The summed E-state index contributed by atoms with van der Waals surface area (Å²) >= 11 is 0. The van der Waals surface area contributed by atoms with Gasteiger partial charge in [0.05, 0.1) is 25.0 Å². The van der Waals surface area contributed by atoms with Crippen molar-refractivity contribution < 1.29 is 49.4 Å². The summed E-state index contributed by atoms with van der Waals surface area (Å²) in [6, 6.07) is 15.5. The lowest BCUT2D eigenvalue weighted by molar-refractivity contribution is -0.191. The van der Waals surface area contributed by atoms with Crippen LogP contribution in [0.4, 0.5) is 0 Å². The number of hydrogen-bond donors (Lipinski definition) is 5. The zero-order valence-electron chi connectivity index (χ0n) is 29.9. The fourth-order valence-corrected chi connectivity index (χ4v) is 9.72. The molecule has 3 heterocycles. The second kappa shape index (κ2) is 14.4. The van der Waals surface area contributed by atoms with Gasteiger partial charge < -0.3 is 35.0 Å². The third-order valence-corrected chi connectivity index (χ3v) is 12.3. The van der Waals surface area contributed by atoms with Gasteiger partial charge in [-0.3, -0.25) is 9.59 Å². The summed E-state index contributed by atoms with van der Waals surface area (Å²) in [5.74, 6) is 2.91. The first kappa shape index (κ1) is 36.0. The van der Waals surface area contributed by atoms with E-state index in [4.69, 9.17) is 9.47 Å². The molecule has 0 radical (unpaired) electrons. The molecule has 5 aliphatic rings. The molecule has 2 fully saturated rings. The van der Waals surface area contributed by atoms with E-state index in [0.29, 0.717) is 47.9 Å². The summed E-state index contributed by atoms with van der Waals surface area (Å²) in [7, 11) is 0. The third kappa shape index (κ3) is 6.92. The molecular weight excluding hydrogens is 688 g/mol. The van der Waals surface area contributed by atoms with Gasteiger partial charge >= 0.3 is 11.9 Å². The van der Waals surface area contributed by atoms with E-state index in [9.17, 15) is 39.9 Å². The van der Waals surface area contributed by atoms with Crippen molar-refractivity contribution in [2.45, 2.75) is 100 Å². The van der Waals surface area contributed by atoms with Gasteiger partial charge in [-0.1, -0.05) is 48.6 Å². The van der Waals surface area contributed by atoms with Gasteiger partial charge in [0, 0.05) is 48.3 Å². The van der Waals surface area contributed by atoms with E-state index in [0.717, 1.165) is 17.5 Å². The number of phenols is 2. The molecule has 54 heavy (non-hydrogen) atoms. The lowest BCUT2D eigenvalue weighted by atomic mass is 9.56. The second-order valence-electron chi connectivity index (χ2n) is 15.7. The van der Waals surface area contributed by atoms with E-state index in [-0.39, 0.29) is 85.1 Å². The molecule has 280 valence electrons. The minimum atomic E-state index is -1.56. The highest BCUT2D eigenvalue weighted by Gasteiger charge is 2.55. The molecule has 3 aliphatic heterocycles. The lowest BCUT2D eigenvalue weighted by Gasteiger charge is -2.52. The molecule has 3 aromatic carbocycles. The average Bonchev–Trinajstić information content (AvgIpc) is 3.14. The van der Waals surface area contributed by atoms with Crippen molar-refractivity contribution in [3.63, 3.8) is 0 Å². The van der Waals surface area contributed by atoms with Crippen molar-refractivity contribution in [3.05, 3.63) is 99.6 Å². The van der Waals surface area contributed by atoms with Crippen molar-refractivity contribution in [1.82, 2.24) is 0 Å². The number of aromatic hydroxyl groups is 2. The second-order valence-corrected chi connectivity index (χ2v) is 15.7. The number of aliphatic hydroxyl groups excluding tert-OH is 2. The van der Waals surface area contributed by atoms with E-state index in [2.05, 4.69) is 11.8 Å². The van der Waals surface area contributed by atoms with Crippen LogP contribution < -0.4 is 4.74 Å². The molecule has 10 nitrogen and oxygen atoms in total. The van der Waals surface area contributed by atoms with Crippen molar-refractivity contribution >= 4 is 17.7 Å². The largest absolute Gasteiger partial charge is 0.508 e. The Hall–Kier alpha value is -4.95. The maximum atomic E-state index is 14.7. The number of rotatable bonds is 2. The number of hydrogen-bond acceptors (Lipinski definition) is 10. The molecule has 0 aromatic heterocycles. The van der Waals surface area contributed by atoms with Gasteiger partial charge in [0.1, 0.15) is 34.7 Å². The van der Waals surface area contributed by atoms with Gasteiger partial charge in [-0.05, 0) is 96.0 Å². The van der Waals surface area contributed by atoms with Gasteiger partial charge in [-0.15, -0.1) is 0 Å². The SMILES string of the molecule is O=C1C[C@H]2C#C[C@@H](c3cc(O)cc(CO)c3)C/C3=C/[C@H](O)Cc4cccc(c4)C[C@@H]4C(=O)CC[C@@H]5[C@H]4CCC[C@@]5(O)[C@@H](Cc4cc2c(cc4O)O1)OC3=O. The van der Waals surface area contributed by atoms with Crippen molar-refractivity contribution in [2.24, 2.45) is 17.8 Å². The van der Waals surface area contributed by atoms with E-state index >= 15 is 0 Å². The number of ketones is 1. The molecule has 0 saturated heterocycles. The Morgan fingerprint density at radius 2 is 1.67 bits per heavy atom. The maximum Gasteiger partial charge on any atom is 0.334 e. The molecular formula is C44H44O10. The van der Waals surface area contributed by atoms with Crippen molar-refractivity contribution in [1.29, 1.82) is 0 Å². The van der Waals surface area contributed by atoms with Crippen LogP contribution in [0, 0.1) is 29.6 Å². The van der Waals surface area contributed by atoms with Gasteiger partial charge in [0.2, 0.25) is 0 Å². The first-order valence-corrected chi connectivity index (χ1v) is 18.9. The molecule has 2 saturated carbocycles. The molecule has 2 aliphatic carbocycles. The summed E-state index contributed by atoms with van der Waals surface area (Å²) in [5, 5.41) is 56.5. The number of esters is 2. The Morgan fingerprint density at radius 1 is 0.870 bits per heavy atom. The summed E-state index contributed by atoms with van der Waals surface area (Å²) < 4.78 is 12.0. The Balaban J connectivity index is 1.33. The highest BCUT2D eigenvalue weighted by atomic mass is 16.6. The number of carbonyl (C=O) groups excluding carboxylic acids is 3. The quantitative estimate of drug-likeness (QED) is 0.140. The minimum absolute atomic E-state index is 0.0657. The maximum absolute atomic E-state index is 14.7. The molecule has 5 N–H and O–H groups in total. The van der Waals surface area contributed by atoms with Crippen LogP contribution in [0.3, 0.4) is 0 Å². The standard InChI is InChI=1S/C44H44O10/c45-23-26-12-29(17-33(47)14-26)27-6-7-28-21-42(50)53-40-22-39(49)30(19-35(28)40)20-41-44(52)10-2-5-34-36(38(48)9-8-37(34)44)15-25-4-1-3-24(11-25)13-32(46)18-31(16-27)43(51)54-41/h1,3-4,11-12,14,17-19,22,27-28,32,34,36-37,41,45-47,49,52H,2,5,8-10,13,15-16,20-21,23H2/b31-18-/t27-,28-,32-,34+,36+,37-,41-,44+/m1/s1. The number of benzene rings is 3. The highest BCUT2D eigenvalue weighted by Crippen LogP contribution is 2.51. The van der Waals surface area contributed by atoms with E-state index in [1.54, 1.807) is 12.1 Å². The van der Waals surface area contributed by atoms with Crippen LogP contribution in [0.25, 0.3) is 0 Å². The van der Waals surface area contributed by atoms with E-state index < -0.39 is 41.6 Å². The normalized spacial score (nSPS) is 31.7. The number of ether oxygens (including phenoxy) is 2. The third-order valence-electron chi connectivity index (χ3n) is 12.3. The molecule has 8 rings (SSSR count). The number of aliphatic hydroxyl groups is 3. The number of Topliss-reactive ketones (excluding diaryl/α,β-unsaturated/α-hetero) is 1. The zero-order valence-corrected chi connectivity index (χ0v) is 29.9. The molecule has 10 heteroatoms. The molecule has 0 unspecified atom stereocenters. The molecule has 10 bridgehead atoms. The van der Waals surface area contributed by atoms with Crippen LogP contribution in [0.1, 0.15) is 90.2 Å². The first-order valence-electron chi connectivity index (χ1n) is 18.9. The molecule has 0 amide bonds. The Bertz CT molecular complexity index is 2110. The van der Waals surface area contributed by atoms with Crippen LogP contribution in [0.5, 0.6) is 17.2 Å². The average molecular weight is 733 g/mol. The molecule has 0 spiro atoms. The molecule has 8 atom stereocenters. The monoisotopic (exact) mass is 732 g/mol. The van der Waals surface area contributed by atoms with Crippen LogP contribution >= 0.6 is 0 Å². The summed E-state index contributed by atoms with van der Waals surface area (Å²) in [6.45, 7) is -0.354. The van der Waals surface area contributed by atoms with Gasteiger partial charge in [0.25, 0.3) is 0 Å². The van der Waals surface area contributed by atoms with Gasteiger partial charge in [-0.2, -0.15) is 0 Å². The Morgan fingerprint density at radius 3 is 2.48 bits per heavy atom. The number of carbonyl (C=O) groups is 3. The van der Waals surface area contributed by atoms with Crippen molar-refractivity contribution in [2.75, 3.05) is 0 Å². The van der Waals surface area contributed by atoms with Crippen molar-refractivity contribution in [3.8, 4) is 29.1 Å². The van der Waals surface area contributed by atoms with Crippen LogP contribution in [0.15, 0.2) is 66.2 Å². The number of fused-ring (bicyclic) bond motifs is 7. The predicted molar refractivity (Wildman–Crippen MR) is 195 cm³/mol. The zero-order chi connectivity index (χ0) is 37.7. The van der Waals surface area contributed by atoms with Gasteiger partial charge in [-0.25, -0.2) is 4.79 Å². The van der Waals surface area contributed by atoms with Crippen LogP contribution in [-0.4, -0.2) is 61.1 Å². The van der Waals surface area contributed by atoms with Crippen LogP contribution in [-0.2, 0) is 45.0 Å². The summed E-state index contributed by atoms with van der Waals surface area (Å²) in [6.07, 6.45) is 2.00. The summed E-state index contributed by atoms with van der Waals surface area (Å²) in [5.41, 5.74) is 2.20. The Labute approximate surface area is 313 Å². The Kier molecular flexibility index (Phi) is 9.59. The van der Waals surface area contributed by atoms with E-state index in [1.807, 2.05) is 24.3 Å². The first-order chi connectivity index (χ1) is 26.0. The fourth-order valence-electron chi connectivity index (χ4n) is 9.72. The fraction of sp³-hybridized carbons (Fsp3) is 0.432. The molecule has 3 aromatic rings. The van der Waals surface area contributed by atoms with Crippen LogP contribution in [0.2, 0.25) is 0 Å². The lowest BCUT2D eigenvalue weighted by Crippen LogP contribution is -2.59. The topological polar surface area (TPSA) is 171 Å². The van der Waals surface area contributed by atoms with E-state index in [1.165, 1.54) is 24.3 Å². The number of phenolic OH excluding ortho intramolecular Hbond substituents is 2. The smallest absolute Gasteiger partial charge is 0.334 e. The summed E-state index contributed by atoms with van der Waals surface area (Å²) in [4.78, 5) is 41.1.